The number of sulfonamides is 1. The van der Waals surface area contributed by atoms with Gasteiger partial charge in [-0.1, -0.05) is 0 Å². The Labute approximate surface area is 206 Å². The Morgan fingerprint density at radius 2 is 1.77 bits per heavy atom. The van der Waals surface area contributed by atoms with Crippen LogP contribution in [0.25, 0.3) is 0 Å². The lowest BCUT2D eigenvalue weighted by Crippen LogP contribution is -2.47. The molecular weight excluding hydrogens is 468 g/mol. The maximum absolute atomic E-state index is 13.5. The Morgan fingerprint density at radius 3 is 2.40 bits per heavy atom. The van der Waals surface area contributed by atoms with E-state index in [4.69, 9.17) is 0 Å². The molecule has 0 bridgehead atoms. The standard InChI is InChI=1S/C24H32N6O4S/c1-18(31)28-9-7-24(16-28)17-30(23(32)14-19-6-8-27(3)25-19)22-5-4-20(15-21(22)24)35(33,34)29-12-10-26(2)11-13-29/h4-6,8,15H,7,9-14,16-17H2,1-3H3. The third-order valence-electron chi connectivity index (χ3n) is 7.59. The first-order valence-corrected chi connectivity index (χ1v) is 13.4. The first kappa shape index (κ1) is 24.0. The lowest BCUT2D eigenvalue weighted by Gasteiger charge is -2.32. The quantitative estimate of drug-likeness (QED) is 0.604. The van der Waals surface area contributed by atoms with Gasteiger partial charge in [0.1, 0.15) is 0 Å². The highest BCUT2D eigenvalue weighted by molar-refractivity contribution is 7.89. The van der Waals surface area contributed by atoms with Crippen LogP contribution in [0.3, 0.4) is 0 Å². The second kappa shape index (κ2) is 8.72. The van der Waals surface area contributed by atoms with Gasteiger partial charge in [0.2, 0.25) is 21.8 Å². The van der Waals surface area contributed by atoms with Crippen molar-refractivity contribution in [3.63, 3.8) is 0 Å². The number of carbonyl (C=O) groups excluding carboxylic acids is 2. The van der Waals surface area contributed by atoms with Crippen LogP contribution in [0.1, 0.15) is 24.6 Å². The summed E-state index contributed by atoms with van der Waals surface area (Å²) in [6.45, 7) is 5.33. The van der Waals surface area contributed by atoms with Crippen molar-refractivity contribution in [1.29, 1.82) is 0 Å². The molecule has 10 nitrogen and oxygen atoms in total. The second-order valence-corrected chi connectivity index (χ2v) is 11.9. The molecule has 1 spiro atoms. The van der Waals surface area contributed by atoms with Gasteiger partial charge in [0.05, 0.1) is 17.0 Å². The van der Waals surface area contributed by atoms with Crippen molar-refractivity contribution in [2.45, 2.75) is 30.1 Å². The monoisotopic (exact) mass is 500 g/mol. The number of likely N-dealkylation sites (N-methyl/N-ethyl adjacent to an activating group) is 1. The third kappa shape index (κ3) is 4.25. The van der Waals surface area contributed by atoms with E-state index in [1.54, 1.807) is 45.8 Å². The Hall–Kier alpha value is -2.76. The van der Waals surface area contributed by atoms with Crippen LogP contribution in [0.4, 0.5) is 5.69 Å². The fourth-order valence-electron chi connectivity index (χ4n) is 5.51. The fourth-order valence-corrected chi connectivity index (χ4v) is 6.96. The van der Waals surface area contributed by atoms with E-state index < -0.39 is 15.4 Å². The van der Waals surface area contributed by atoms with Gasteiger partial charge < -0.3 is 14.7 Å². The fraction of sp³-hybridized carbons (Fsp3) is 0.542. The number of aromatic nitrogens is 2. The number of amides is 2. The van der Waals surface area contributed by atoms with E-state index in [0.29, 0.717) is 57.9 Å². The van der Waals surface area contributed by atoms with Crippen molar-refractivity contribution in [1.82, 2.24) is 23.9 Å². The molecule has 0 radical (unpaired) electrons. The predicted molar refractivity (Wildman–Crippen MR) is 131 cm³/mol. The highest BCUT2D eigenvalue weighted by Crippen LogP contribution is 2.47. The van der Waals surface area contributed by atoms with Crippen LogP contribution < -0.4 is 4.90 Å². The van der Waals surface area contributed by atoms with Gasteiger partial charge in [-0.25, -0.2) is 8.42 Å². The molecule has 1 atom stereocenters. The van der Waals surface area contributed by atoms with Gasteiger partial charge in [-0.3, -0.25) is 14.3 Å². The molecular formula is C24H32N6O4S. The molecule has 3 aliphatic heterocycles. The van der Waals surface area contributed by atoms with E-state index in [2.05, 4.69) is 10.00 Å². The number of fused-ring (bicyclic) bond motifs is 2. The minimum absolute atomic E-state index is 0.0112. The van der Waals surface area contributed by atoms with Gasteiger partial charge in [0.25, 0.3) is 0 Å². The molecule has 0 saturated carbocycles. The molecule has 0 N–H and O–H groups in total. The van der Waals surface area contributed by atoms with Crippen LogP contribution in [-0.4, -0.2) is 97.0 Å². The molecule has 188 valence electrons. The number of hydrogen-bond donors (Lipinski definition) is 0. The Bertz CT molecular complexity index is 1270. The number of anilines is 1. The number of hydrogen-bond acceptors (Lipinski definition) is 6. The summed E-state index contributed by atoms with van der Waals surface area (Å²) in [5, 5.41) is 4.33. The number of carbonyl (C=O) groups is 2. The van der Waals surface area contributed by atoms with Crippen LogP contribution in [0.5, 0.6) is 0 Å². The zero-order valence-corrected chi connectivity index (χ0v) is 21.3. The number of benzene rings is 1. The van der Waals surface area contributed by atoms with E-state index in [-0.39, 0.29) is 23.1 Å². The molecule has 1 aromatic carbocycles. The van der Waals surface area contributed by atoms with Gasteiger partial charge in [0, 0.05) is 77.1 Å². The maximum Gasteiger partial charge on any atom is 0.243 e. The smallest absolute Gasteiger partial charge is 0.243 e. The van der Waals surface area contributed by atoms with E-state index in [1.165, 1.54) is 4.31 Å². The van der Waals surface area contributed by atoms with Crippen molar-refractivity contribution < 1.29 is 18.0 Å². The van der Waals surface area contributed by atoms with Crippen LogP contribution in [-0.2, 0) is 38.5 Å². The highest BCUT2D eigenvalue weighted by Gasteiger charge is 2.50. The summed E-state index contributed by atoms with van der Waals surface area (Å²) in [5.74, 6) is -0.0966. The molecule has 2 saturated heterocycles. The molecule has 3 aliphatic rings. The van der Waals surface area contributed by atoms with Gasteiger partial charge in [-0.05, 0) is 43.3 Å². The minimum Gasteiger partial charge on any atom is -0.342 e. The number of nitrogens with zero attached hydrogens (tertiary/aromatic N) is 6. The summed E-state index contributed by atoms with van der Waals surface area (Å²) in [4.78, 5) is 31.4. The molecule has 1 aromatic heterocycles. The minimum atomic E-state index is -3.66. The molecule has 4 heterocycles. The summed E-state index contributed by atoms with van der Waals surface area (Å²) >= 11 is 0. The van der Waals surface area contributed by atoms with Crippen LogP contribution in [0.2, 0.25) is 0 Å². The van der Waals surface area contributed by atoms with Gasteiger partial charge in [-0.2, -0.15) is 9.40 Å². The molecule has 2 fully saturated rings. The van der Waals surface area contributed by atoms with E-state index in [0.717, 1.165) is 11.3 Å². The van der Waals surface area contributed by atoms with Crippen molar-refractivity contribution in [3.05, 3.63) is 41.7 Å². The predicted octanol–water partition coefficient (Wildman–Crippen LogP) is 0.436. The van der Waals surface area contributed by atoms with Crippen molar-refractivity contribution in [2.24, 2.45) is 7.05 Å². The lowest BCUT2D eigenvalue weighted by atomic mass is 9.81. The summed E-state index contributed by atoms with van der Waals surface area (Å²) in [5.41, 5.74) is 1.78. The summed E-state index contributed by atoms with van der Waals surface area (Å²) in [6.07, 6.45) is 2.65. The third-order valence-corrected chi connectivity index (χ3v) is 9.49. The maximum atomic E-state index is 13.5. The summed E-state index contributed by atoms with van der Waals surface area (Å²) in [7, 11) is 0.141. The van der Waals surface area contributed by atoms with E-state index >= 15 is 0 Å². The molecule has 2 aromatic rings. The molecule has 2 amide bonds. The van der Waals surface area contributed by atoms with Crippen molar-refractivity contribution in [3.8, 4) is 0 Å². The zero-order valence-electron chi connectivity index (χ0n) is 20.5. The average Bonchev–Trinajstić information content (AvgIpc) is 3.52. The molecule has 1 unspecified atom stereocenters. The molecule has 0 aliphatic carbocycles. The largest absolute Gasteiger partial charge is 0.342 e. The normalized spacial score (nSPS) is 23.3. The van der Waals surface area contributed by atoms with Crippen LogP contribution in [0.15, 0.2) is 35.4 Å². The molecule has 5 rings (SSSR count). The Kier molecular flexibility index (Phi) is 5.97. The van der Waals surface area contributed by atoms with E-state index in [1.807, 2.05) is 20.2 Å². The molecule has 11 heteroatoms. The first-order valence-electron chi connectivity index (χ1n) is 12.0. The van der Waals surface area contributed by atoms with Gasteiger partial charge >= 0.3 is 0 Å². The topological polar surface area (TPSA) is 99.1 Å². The zero-order chi connectivity index (χ0) is 25.0. The second-order valence-electron chi connectivity index (χ2n) is 9.99. The van der Waals surface area contributed by atoms with Gasteiger partial charge in [0.15, 0.2) is 0 Å². The highest BCUT2D eigenvalue weighted by atomic mass is 32.2. The summed E-state index contributed by atoms with van der Waals surface area (Å²) in [6, 6.07) is 6.95. The van der Waals surface area contributed by atoms with Gasteiger partial charge in [-0.15, -0.1) is 0 Å². The van der Waals surface area contributed by atoms with Crippen molar-refractivity contribution >= 4 is 27.5 Å². The number of likely N-dealkylation sites (tertiary alicyclic amines) is 1. The average molecular weight is 501 g/mol. The van der Waals surface area contributed by atoms with Crippen LogP contribution in [0, 0.1) is 0 Å². The number of rotatable bonds is 4. The van der Waals surface area contributed by atoms with E-state index in [9.17, 15) is 18.0 Å². The number of piperazine rings is 1. The van der Waals surface area contributed by atoms with Crippen LogP contribution >= 0.6 is 0 Å². The Morgan fingerprint density at radius 1 is 1.03 bits per heavy atom. The first-order chi connectivity index (χ1) is 16.6. The lowest BCUT2D eigenvalue weighted by molar-refractivity contribution is -0.127. The SMILES string of the molecule is CC(=O)N1CCC2(C1)CN(C(=O)Cc1ccn(C)n1)c1ccc(S(=O)(=O)N3CCN(C)CC3)cc12. The Balaban J connectivity index is 1.50. The van der Waals surface area contributed by atoms with Crippen molar-refractivity contribution in [2.75, 3.05) is 57.8 Å². The number of aryl methyl sites for hydroxylation is 1. The molecule has 35 heavy (non-hydrogen) atoms. The summed E-state index contributed by atoms with van der Waals surface area (Å²) < 4.78 is 30.2.